The monoisotopic (exact) mass is 335 g/mol. The standard InChI is InChI=1S/C13H7BrClN3O/c14-9-5-3-8(4-6-9)12-17-13(19-18-12)10-2-1-7-16-11(10)15/h1-7H. The van der Waals surface area contributed by atoms with E-state index in [1.165, 1.54) is 0 Å². The van der Waals surface area contributed by atoms with Crippen LogP contribution in [-0.4, -0.2) is 15.1 Å². The maximum atomic E-state index is 5.99. The highest BCUT2D eigenvalue weighted by Crippen LogP contribution is 2.26. The Hall–Kier alpha value is -1.72. The number of aromatic nitrogens is 3. The van der Waals surface area contributed by atoms with Gasteiger partial charge in [0, 0.05) is 16.2 Å². The van der Waals surface area contributed by atoms with E-state index in [0.29, 0.717) is 22.4 Å². The molecule has 1 aromatic carbocycles. The van der Waals surface area contributed by atoms with E-state index in [1.807, 2.05) is 24.3 Å². The zero-order chi connectivity index (χ0) is 13.2. The summed E-state index contributed by atoms with van der Waals surface area (Å²) in [5.41, 5.74) is 1.50. The first kappa shape index (κ1) is 12.3. The van der Waals surface area contributed by atoms with Gasteiger partial charge in [0.25, 0.3) is 5.89 Å². The van der Waals surface area contributed by atoms with E-state index in [4.69, 9.17) is 16.1 Å². The predicted octanol–water partition coefficient (Wildman–Crippen LogP) is 4.21. The van der Waals surface area contributed by atoms with Crippen molar-refractivity contribution in [3.8, 4) is 22.8 Å². The minimum atomic E-state index is 0.341. The smallest absolute Gasteiger partial charge is 0.261 e. The maximum Gasteiger partial charge on any atom is 0.261 e. The van der Waals surface area contributed by atoms with Crippen molar-refractivity contribution < 1.29 is 4.52 Å². The van der Waals surface area contributed by atoms with E-state index >= 15 is 0 Å². The molecule has 2 heterocycles. The first-order valence-electron chi connectivity index (χ1n) is 5.44. The molecular formula is C13H7BrClN3O. The van der Waals surface area contributed by atoms with E-state index < -0.39 is 0 Å². The normalized spacial score (nSPS) is 10.6. The van der Waals surface area contributed by atoms with E-state index in [-0.39, 0.29) is 0 Å². The van der Waals surface area contributed by atoms with Crippen molar-refractivity contribution in [1.29, 1.82) is 0 Å². The third kappa shape index (κ3) is 2.52. The second-order valence-corrected chi connectivity index (χ2v) is 5.05. The Kier molecular flexibility index (Phi) is 3.31. The van der Waals surface area contributed by atoms with Gasteiger partial charge >= 0.3 is 0 Å². The second kappa shape index (κ2) is 5.11. The van der Waals surface area contributed by atoms with Crippen molar-refractivity contribution in [1.82, 2.24) is 15.1 Å². The quantitative estimate of drug-likeness (QED) is 0.658. The van der Waals surface area contributed by atoms with Crippen molar-refractivity contribution in [2.24, 2.45) is 0 Å². The highest BCUT2D eigenvalue weighted by Gasteiger charge is 2.13. The van der Waals surface area contributed by atoms with Gasteiger partial charge in [0.2, 0.25) is 5.82 Å². The fourth-order valence-corrected chi connectivity index (χ4v) is 2.06. The van der Waals surface area contributed by atoms with Gasteiger partial charge in [0.15, 0.2) is 0 Å². The molecule has 0 atom stereocenters. The molecule has 0 unspecified atom stereocenters. The lowest BCUT2D eigenvalue weighted by Gasteiger charge is -1.95. The number of hydrogen-bond acceptors (Lipinski definition) is 4. The van der Waals surface area contributed by atoms with E-state index in [2.05, 4.69) is 31.1 Å². The molecule has 0 saturated carbocycles. The molecule has 0 aliphatic heterocycles. The summed E-state index contributed by atoms with van der Waals surface area (Å²) in [6, 6.07) is 11.2. The highest BCUT2D eigenvalue weighted by atomic mass is 79.9. The SMILES string of the molecule is Clc1ncccc1-c1nc(-c2ccc(Br)cc2)no1. The van der Waals surface area contributed by atoms with E-state index in [0.717, 1.165) is 10.0 Å². The highest BCUT2D eigenvalue weighted by molar-refractivity contribution is 9.10. The molecule has 6 heteroatoms. The lowest BCUT2D eigenvalue weighted by molar-refractivity contribution is 0.432. The Balaban J connectivity index is 2.00. The van der Waals surface area contributed by atoms with Gasteiger partial charge in [-0.25, -0.2) is 4.98 Å². The molecule has 19 heavy (non-hydrogen) atoms. The fourth-order valence-electron chi connectivity index (χ4n) is 1.59. The van der Waals surface area contributed by atoms with Gasteiger partial charge < -0.3 is 4.52 Å². The molecule has 3 rings (SSSR count). The lowest BCUT2D eigenvalue weighted by Crippen LogP contribution is -1.83. The van der Waals surface area contributed by atoms with Crippen LogP contribution in [-0.2, 0) is 0 Å². The van der Waals surface area contributed by atoms with Crippen molar-refractivity contribution in [3.63, 3.8) is 0 Å². The second-order valence-electron chi connectivity index (χ2n) is 3.77. The molecule has 0 bridgehead atoms. The number of rotatable bonds is 2. The average molecular weight is 337 g/mol. The van der Waals surface area contributed by atoms with Crippen molar-refractivity contribution >= 4 is 27.5 Å². The van der Waals surface area contributed by atoms with Gasteiger partial charge in [-0.05, 0) is 36.4 Å². The van der Waals surface area contributed by atoms with Crippen molar-refractivity contribution in [2.75, 3.05) is 0 Å². The topological polar surface area (TPSA) is 51.8 Å². The van der Waals surface area contributed by atoms with Crippen LogP contribution in [0.2, 0.25) is 5.15 Å². The molecule has 2 aromatic heterocycles. The zero-order valence-corrected chi connectivity index (χ0v) is 11.9. The summed E-state index contributed by atoms with van der Waals surface area (Å²) in [5, 5.41) is 4.29. The largest absolute Gasteiger partial charge is 0.333 e. The van der Waals surface area contributed by atoms with Crippen LogP contribution in [0.1, 0.15) is 0 Å². The third-order valence-corrected chi connectivity index (χ3v) is 3.35. The molecule has 0 aliphatic rings. The molecule has 3 aromatic rings. The molecular weight excluding hydrogens is 330 g/mol. The maximum absolute atomic E-state index is 5.99. The zero-order valence-electron chi connectivity index (χ0n) is 9.55. The van der Waals surface area contributed by atoms with E-state index in [9.17, 15) is 0 Å². The van der Waals surface area contributed by atoms with Gasteiger partial charge in [-0.2, -0.15) is 4.98 Å². The van der Waals surface area contributed by atoms with Crippen LogP contribution in [0, 0.1) is 0 Å². The van der Waals surface area contributed by atoms with Gasteiger partial charge in [-0.1, -0.05) is 32.7 Å². The first-order chi connectivity index (χ1) is 9.24. The Bertz CT molecular complexity index is 712. The number of pyridine rings is 1. The minimum absolute atomic E-state index is 0.341. The van der Waals surface area contributed by atoms with Crippen molar-refractivity contribution in [3.05, 3.63) is 52.2 Å². The van der Waals surface area contributed by atoms with E-state index in [1.54, 1.807) is 18.3 Å². The van der Waals surface area contributed by atoms with Crippen LogP contribution in [0.25, 0.3) is 22.8 Å². The van der Waals surface area contributed by atoms with Crippen LogP contribution < -0.4 is 0 Å². The molecule has 0 N–H and O–H groups in total. The molecule has 0 amide bonds. The molecule has 4 nitrogen and oxygen atoms in total. The summed E-state index contributed by atoms with van der Waals surface area (Å²) >= 11 is 9.37. The molecule has 0 radical (unpaired) electrons. The predicted molar refractivity (Wildman–Crippen MR) is 75.7 cm³/mol. The lowest BCUT2D eigenvalue weighted by atomic mass is 10.2. The summed E-state index contributed by atoms with van der Waals surface area (Å²) < 4.78 is 6.21. The van der Waals surface area contributed by atoms with Crippen molar-refractivity contribution in [2.45, 2.75) is 0 Å². The van der Waals surface area contributed by atoms with Gasteiger partial charge in [0.1, 0.15) is 5.15 Å². The van der Waals surface area contributed by atoms with Crippen LogP contribution in [0.15, 0.2) is 51.6 Å². The van der Waals surface area contributed by atoms with Crippen LogP contribution in [0.4, 0.5) is 0 Å². The number of hydrogen-bond donors (Lipinski definition) is 0. The molecule has 0 saturated heterocycles. The fraction of sp³-hybridized carbons (Fsp3) is 0. The number of nitrogens with zero attached hydrogens (tertiary/aromatic N) is 3. The van der Waals surface area contributed by atoms with Gasteiger partial charge in [-0.15, -0.1) is 0 Å². The van der Waals surface area contributed by atoms with Crippen LogP contribution in [0.5, 0.6) is 0 Å². The van der Waals surface area contributed by atoms with Crippen LogP contribution in [0.3, 0.4) is 0 Å². The summed E-state index contributed by atoms with van der Waals surface area (Å²) in [7, 11) is 0. The Morgan fingerprint density at radius 1 is 1.11 bits per heavy atom. The van der Waals surface area contributed by atoms with Gasteiger partial charge in [-0.3, -0.25) is 0 Å². The summed E-state index contributed by atoms with van der Waals surface area (Å²) in [6.45, 7) is 0. The first-order valence-corrected chi connectivity index (χ1v) is 6.61. The number of benzene rings is 1. The summed E-state index contributed by atoms with van der Waals surface area (Å²) in [6.07, 6.45) is 1.61. The number of halogens is 2. The minimum Gasteiger partial charge on any atom is -0.333 e. The summed E-state index contributed by atoms with van der Waals surface area (Å²) in [4.78, 5) is 8.30. The van der Waals surface area contributed by atoms with Crippen LogP contribution >= 0.6 is 27.5 Å². The molecule has 0 fully saturated rings. The molecule has 0 spiro atoms. The average Bonchev–Trinajstić information content (AvgIpc) is 2.89. The third-order valence-electron chi connectivity index (χ3n) is 2.52. The summed E-state index contributed by atoms with van der Waals surface area (Å²) in [5.74, 6) is 0.874. The Morgan fingerprint density at radius 3 is 2.63 bits per heavy atom. The Labute approximate surface area is 122 Å². The molecule has 0 aliphatic carbocycles. The van der Waals surface area contributed by atoms with Gasteiger partial charge in [0.05, 0.1) is 5.56 Å². The Morgan fingerprint density at radius 2 is 1.89 bits per heavy atom. The molecule has 94 valence electrons.